The van der Waals surface area contributed by atoms with E-state index in [1.165, 1.54) is 25.3 Å². The van der Waals surface area contributed by atoms with Gasteiger partial charge in [0.2, 0.25) is 0 Å². The molecule has 1 aromatic carbocycles. The number of ether oxygens (including phenoxy) is 1. The van der Waals surface area contributed by atoms with E-state index in [-0.39, 0.29) is 22.8 Å². The van der Waals surface area contributed by atoms with E-state index in [4.69, 9.17) is 15.3 Å². The molecule has 1 aromatic rings. The molecule has 114 valence electrons. The first-order valence-corrected chi connectivity index (χ1v) is 7.55. The first-order chi connectivity index (χ1) is 9.81. The molecule has 0 saturated heterocycles. The van der Waals surface area contributed by atoms with Crippen molar-refractivity contribution < 1.29 is 22.1 Å². The fraction of sp³-hybridized carbons (Fsp3) is 0.357. The summed E-state index contributed by atoms with van der Waals surface area (Å²) >= 11 is 0. The highest BCUT2D eigenvalue weighted by atomic mass is 32.2. The normalized spacial score (nSPS) is 11.0. The quantitative estimate of drug-likeness (QED) is 0.630. The Hall–Kier alpha value is -2.04. The van der Waals surface area contributed by atoms with Gasteiger partial charge in [-0.15, -0.1) is 6.42 Å². The minimum absolute atomic E-state index is 0.0315. The molecule has 0 radical (unpaired) electrons. The van der Waals surface area contributed by atoms with Crippen molar-refractivity contribution in [2.45, 2.75) is 24.8 Å². The van der Waals surface area contributed by atoms with Crippen LogP contribution in [-0.2, 0) is 14.3 Å². The molecule has 0 heterocycles. The number of hydrogen-bond acceptors (Lipinski definition) is 5. The molecule has 0 aliphatic carbocycles. The molecule has 0 spiro atoms. The third-order valence-electron chi connectivity index (χ3n) is 2.37. The van der Waals surface area contributed by atoms with Crippen LogP contribution in [0, 0.1) is 12.3 Å². The highest BCUT2D eigenvalue weighted by molar-refractivity contribution is 7.86. The number of benzene rings is 1. The van der Waals surface area contributed by atoms with Gasteiger partial charge in [-0.05, 0) is 32.0 Å². The molecular weight excluding hydrogens is 294 g/mol. The lowest BCUT2D eigenvalue weighted by Crippen LogP contribution is -2.23. The maximum Gasteiger partial charge on any atom is 0.300 e. The third-order valence-corrected chi connectivity index (χ3v) is 3.88. The molecule has 0 aromatic heterocycles. The van der Waals surface area contributed by atoms with Crippen LogP contribution in [0.4, 0.5) is 0 Å². The molecule has 0 bridgehead atoms. The molecule has 0 atom stereocenters. The van der Waals surface area contributed by atoms with E-state index in [9.17, 15) is 13.2 Å². The van der Waals surface area contributed by atoms with E-state index < -0.39 is 22.1 Å². The summed E-state index contributed by atoms with van der Waals surface area (Å²) in [6.45, 7) is 3.29. The second kappa shape index (κ2) is 7.11. The van der Waals surface area contributed by atoms with Crippen LogP contribution in [0.15, 0.2) is 23.1 Å². The average Bonchev–Trinajstić information content (AvgIpc) is 2.42. The van der Waals surface area contributed by atoms with Crippen molar-refractivity contribution in [3.63, 3.8) is 0 Å². The van der Waals surface area contributed by atoms with Crippen molar-refractivity contribution in [2.75, 3.05) is 13.7 Å². The molecule has 1 amide bonds. The Morgan fingerprint density at radius 3 is 2.62 bits per heavy atom. The number of rotatable bonds is 6. The lowest BCUT2D eigenvalue weighted by atomic mass is 10.2. The SMILES string of the molecule is C#CCNC(=O)c1ccc(S(=O)(=O)OC(C)C)c(OC)c1. The Morgan fingerprint density at radius 2 is 2.10 bits per heavy atom. The summed E-state index contributed by atoms with van der Waals surface area (Å²) in [6.07, 6.45) is 4.55. The molecule has 21 heavy (non-hydrogen) atoms. The molecule has 0 aliphatic heterocycles. The monoisotopic (exact) mass is 311 g/mol. The predicted molar refractivity (Wildman–Crippen MR) is 77.6 cm³/mol. The van der Waals surface area contributed by atoms with E-state index in [2.05, 4.69) is 11.2 Å². The summed E-state index contributed by atoms with van der Waals surface area (Å²) in [7, 11) is -2.64. The topological polar surface area (TPSA) is 81.7 Å². The summed E-state index contributed by atoms with van der Waals surface area (Å²) in [6, 6.07) is 3.95. The molecule has 0 fully saturated rings. The summed E-state index contributed by atoms with van der Waals surface area (Å²) in [4.78, 5) is 11.6. The van der Waals surface area contributed by atoms with Gasteiger partial charge in [0.1, 0.15) is 10.6 Å². The van der Waals surface area contributed by atoms with Crippen LogP contribution in [0.25, 0.3) is 0 Å². The van der Waals surface area contributed by atoms with E-state index in [1.54, 1.807) is 13.8 Å². The number of methoxy groups -OCH3 is 1. The number of carbonyl (C=O) groups is 1. The Morgan fingerprint density at radius 1 is 1.43 bits per heavy atom. The minimum atomic E-state index is -3.95. The first kappa shape index (κ1) is 17.0. The van der Waals surface area contributed by atoms with Crippen LogP contribution in [0.5, 0.6) is 5.75 Å². The third kappa shape index (κ3) is 4.48. The molecular formula is C14H17NO5S. The Labute approximate surface area is 124 Å². The molecule has 7 heteroatoms. The molecule has 0 saturated carbocycles. The second-order valence-electron chi connectivity index (χ2n) is 4.35. The maximum atomic E-state index is 12.0. The standard InChI is InChI=1S/C14H17NO5S/c1-5-8-15-14(16)11-6-7-13(12(9-11)19-4)21(17,18)20-10(2)3/h1,6-7,9-10H,8H2,2-4H3,(H,15,16). The van der Waals surface area contributed by atoms with Gasteiger partial charge < -0.3 is 10.1 Å². The van der Waals surface area contributed by atoms with E-state index in [0.29, 0.717) is 0 Å². The van der Waals surface area contributed by atoms with Crippen LogP contribution in [0.1, 0.15) is 24.2 Å². The zero-order valence-electron chi connectivity index (χ0n) is 12.0. The van der Waals surface area contributed by atoms with Crippen molar-refractivity contribution >= 4 is 16.0 Å². The molecule has 0 unspecified atom stereocenters. The summed E-state index contributed by atoms with van der Waals surface area (Å²) in [5, 5.41) is 2.48. The van der Waals surface area contributed by atoms with Gasteiger partial charge in [0, 0.05) is 5.56 Å². The molecule has 0 aliphatic rings. The van der Waals surface area contributed by atoms with Crippen molar-refractivity contribution in [1.82, 2.24) is 5.32 Å². The van der Waals surface area contributed by atoms with Crippen LogP contribution in [0.3, 0.4) is 0 Å². The number of terminal acetylenes is 1. The number of hydrogen-bond donors (Lipinski definition) is 1. The fourth-order valence-corrected chi connectivity index (χ4v) is 2.79. The molecule has 6 nitrogen and oxygen atoms in total. The maximum absolute atomic E-state index is 12.0. The van der Waals surface area contributed by atoms with Gasteiger partial charge in [0.05, 0.1) is 19.8 Å². The van der Waals surface area contributed by atoms with Gasteiger partial charge in [-0.1, -0.05) is 5.92 Å². The van der Waals surface area contributed by atoms with Crippen molar-refractivity contribution in [2.24, 2.45) is 0 Å². The lowest BCUT2D eigenvalue weighted by molar-refractivity contribution is 0.0958. The van der Waals surface area contributed by atoms with Gasteiger partial charge in [0.25, 0.3) is 5.91 Å². The zero-order valence-corrected chi connectivity index (χ0v) is 12.9. The van der Waals surface area contributed by atoms with Gasteiger partial charge in [-0.2, -0.15) is 8.42 Å². The van der Waals surface area contributed by atoms with Crippen LogP contribution >= 0.6 is 0 Å². The second-order valence-corrected chi connectivity index (χ2v) is 5.89. The first-order valence-electron chi connectivity index (χ1n) is 6.14. The largest absolute Gasteiger partial charge is 0.495 e. The van der Waals surface area contributed by atoms with Crippen LogP contribution in [-0.4, -0.2) is 34.1 Å². The molecule has 1 rings (SSSR count). The number of amides is 1. The van der Waals surface area contributed by atoms with Gasteiger partial charge in [-0.25, -0.2) is 0 Å². The smallest absolute Gasteiger partial charge is 0.300 e. The Bertz CT molecular complexity index is 658. The van der Waals surface area contributed by atoms with E-state index >= 15 is 0 Å². The van der Waals surface area contributed by atoms with Crippen LogP contribution < -0.4 is 10.1 Å². The number of nitrogens with one attached hydrogen (secondary N) is 1. The van der Waals surface area contributed by atoms with Gasteiger partial charge in [-0.3, -0.25) is 8.98 Å². The van der Waals surface area contributed by atoms with Gasteiger partial charge in [0.15, 0.2) is 0 Å². The Kier molecular flexibility index (Phi) is 5.76. The molecule has 1 N–H and O–H groups in total. The highest BCUT2D eigenvalue weighted by Gasteiger charge is 2.23. The highest BCUT2D eigenvalue weighted by Crippen LogP contribution is 2.27. The number of carbonyl (C=O) groups excluding carboxylic acids is 1. The minimum Gasteiger partial charge on any atom is -0.495 e. The van der Waals surface area contributed by atoms with Crippen molar-refractivity contribution in [3.05, 3.63) is 23.8 Å². The summed E-state index contributed by atoms with van der Waals surface area (Å²) in [5.41, 5.74) is 0.241. The van der Waals surface area contributed by atoms with Crippen molar-refractivity contribution in [1.29, 1.82) is 0 Å². The summed E-state index contributed by atoms with van der Waals surface area (Å²) in [5.74, 6) is 1.89. The fourth-order valence-electron chi connectivity index (χ4n) is 1.55. The zero-order chi connectivity index (χ0) is 16.0. The van der Waals surface area contributed by atoms with Crippen LogP contribution in [0.2, 0.25) is 0 Å². The van der Waals surface area contributed by atoms with Gasteiger partial charge >= 0.3 is 10.1 Å². The lowest BCUT2D eigenvalue weighted by Gasteiger charge is -2.12. The Balaban J connectivity index is 3.16. The summed E-state index contributed by atoms with van der Waals surface area (Å²) < 4.78 is 34.0. The van der Waals surface area contributed by atoms with E-state index in [1.807, 2.05) is 0 Å². The van der Waals surface area contributed by atoms with Crippen molar-refractivity contribution in [3.8, 4) is 18.1 Å². The average molecular weight is 311 g/mol. The predicted octanol–water partition coefficient (Wildman–Crippen LogP) is 1.17. The van der Waals surface area contributed by atoms with E-state index in [0.717, 1.165) is 0 Å².